The van der Waals surface area contributed by atoms with E-state index < -0.39 is 5.79 Å². The van der Waals surface area contributed by atoms with Crippen LogP contribution < -0.4 is 0 Å². The molecule has 0 aromatic heterocycles. The van der Waals surface area contributed by atoms with Crippen molar-refractivity contribution in [2.45, 2.75) is 5.79 Å². The highest BCUT2D eigenvalue weighted by molar-refractivity contribution is 8.02. The SMILES string of the molecule is C1=CC2(OO2)C2=CN=NSC2=C1. The summed E-state index contributed by atoms with van der Waals surface area (Å²) >= 11 is 1.33. The quantitative estimate of drug-likeness (QED) is 0.326. The molecule has 1 saturated heterocycles. The van der Waals surface area contributed by atoms with Gasteiger partial charge in [-0.3, -0.25) is 0 Å². The zero-order chi connectivity index (χ0) is 8.02. The molecule has 1 fully saturated rings. The Bertz CT molecular complexity index is 352. The van der Waals surface area contributed by atoms with E-state index in [1.54, 1.807) is 6.20 Å². The van der Waals surface area contributed by atoms with Gasteiger partial charge in [-0.15, -0.1) is 4.52 Å². The number of hydrogen-bond donors (Lipinski definition) is 0. The molecule has 0 saturated carbocycles. The molecule has 0 bridgehead atoms. The van der Waals surface area contributed by atoms with Crippen LogP contribution in [0.25, 0.3) is 0 Å². The minimum absolute atomic E-state index is 0.642. The maximum atomic E-state index is 4.90. The highest BCUT2D eigenvalue weighted by Crippen LogP contribution is 2.48. The van der Waals surface area contributed by atoms with E-state index >= 15 is 0 Å². The van der Waals surface area contributed by atoms with Gasteiger partial charge in [0.2, 0.25) is 0 Å². The molecule has 3 rings (SSSR count). The van der Waals surface area contributed by atoms with Crippen molar-refractivity contribution in [2.24, 2.45) is 9.63 Å². The van der Waals surface area contributed by atoms with E-state index in [2.05, 4.69) is 9.63 Å². The highest BCUT2D eigenvalue weighted by Gasteiger charge is 2.53. The molecule has 2 heterocycles. The van der Waals surface area contributed by atoms with Crippen molar-refractivity contribution < 1.29 is 9.78 Å². The summed E-state index contributed by atoms with van der Waals surface area (Å²) in [6.07, 6.45) is 7.38. The molecular weight excluding hydrogens is 176 g/mol. The Labute approximate surface area is 72.7 Å². The third-order valence-electron chi connectivity index (χ3n) is 1.84. The van der Waals surface area contributed by atoms with Gasteiger partial charge in [0.1, 0.15) is 0 Å². The van der Waals surface area contributed by atoms with Gasteiger partial charge in [0.15, 0.2) is 0 Å². The van der Waals surface area contributed by atoms with Gasteiger partial charge in [-0.25, -0.2) is 0 Å². The molecule has 0 unspecified atom stereocenters. The van der Waals surface area contributed by atoms with Gasteiger partial charge < -0.3 is 0 Å². The van der Waals surface area contributed by atoms with Gasteiger partial charge in [-0.2, -0.15) is 14.9 Å². The first-order valence-corrected chi connectivity index (χ1v) is 4.23. The summed E-state index contributed by atoms with van der Waals surface area (Å²) in [5.41, 5.74) is 0.935. The van der Waals surface area contributed by atoms with Crippen LogP contribution in [0.5, 0.6) is 0 Å². The Kier molecular flexibility index (Phi) is 1.13. The topological polar surface area (TPSA) is 49.8 Å². The molecule has 1 aliphatic carbocycles. The highest BCUT2D eigenvalue weighted by atomic mass is 32.2. The molecule has 0 radical (unpaired) electrons. The predicted molar refractivity (Wildman–Crippen MR) is 42.7 cm³/mol. The zero-order valence-electron chi connectivity index (χ0n) is 5.93. The first-order chi connectivity index (χ1) is 5.91. The monoisotopic (exact) mass is 180 g/mol. The second-order valence-corrected chi connectivity index (χ2v) is 3.34. The number of hydrogen-bond acceptors (Lipinski definition) is 5. The largest absolute Gasteiger partial charge is 0.280 e. The fourth-order valence-electron chi connectivity index (χ4n) is 1.19. The van der Waals surface area contributed by atoms with Crippen LogP contribution in [0.4, 0.5) is 0 Å². The van der Waals surface area contributed by atoms with Gasteiger partial charge in [0.05, 0.1) is 11.8 Å². The van der Waals surface area contributed by atoms with E-state index in [9.17, 15) is 0 Å². The third-order valence-corrected chi connectivity index (χ3v) is 2.57. The van der Waals surface area contributed by atoms with Crippen molar-refractivity contribution in [3.05, 3.63) is 34.9 Å². The Hall–Kier alpha value is -0.910. The second-order valence-electron chi connectivity index (χ2n) is 2.56. The first kappa shape index (κ1) is 6.59. The van der Waals surface area contributed by atoms with Crippen molar-refractivity contribution >= 4 is 11.9 Å². The summed E-state index contributed by atoms with van der Waals surface area (Å²) in [5.74, 6) is -0.642. The molecule has 0 aromatic carbocycles. The molecular formula is C7H4N2O2S. The zero-order valence-corrected chi connectivity index (χ0v) is 6.75. The maximum Gasteiger partial charge on any atom is 0.280 e. The van der Waals surface area contributed by atoms with Crippen LogP contribution in [0.15, 0.2) is 44.5 Å². The fourth-order valence-corrected chi connectivity index (χ4v) is 1.80. The van der Waals surface area contributed by atoms with Crippen LogP contribution >= 0.6 is 11.9 Å². The summed E-state index contributed by atoms with van der Waals surface area (Å²) in [4.78, 5) is 10.8. The van der Waals surface area contributed by atoms with Gasteiger partial charge in [-0.05, 0) is 12.2 Å². The van der Waals surface area contributed by atoms with E-state index in [1.165, 1.54) is 11.9 Å². The van der Waals surface area contributed by atoms with Gasteiger partial charge >= 0.3 is 0 Å². The van der Waals surface area contributed by atoms with Gasteiger partial charge in [0.25, 0.3) is 5.79 Å². The summed E-state index contributed by atoms with van der Waals surface area (Å²) in [7, 11) is 0. The molecule has 12 heavy (non-hydrogen) atoms. The van der Waals surface area contributed by atoms with Crippen LogP contribution in [-0.2, 0) is 9.78 Å². The first-order valence-electron chi connectivity index (χ1n) is 3.45. The van der Waals surface area contributed by atoms with Crippen molar-refractivity contribution in [3.8, 4) is 0 Å². The summed E-state index contributed by atoms with van der Waals surface area (Å²) < 4.78 is 3.81. The lowest BCUT2D eigenvalue weighted by molar-refractivity contribution is 0.0850. The Morgan fingerprint density at radius 1 is 1.42 bits per heavy atom. The molecule has 1 spiro atoms. The molecule has 0 aromatic rings. The lowest BCUT2D eigenvalue weighted by Crippen LogP contribution is -2.14. The molecule has 60 valence electrons. The molecule has 5 heteroatoms. The van der Waals surface area contributed by atoms with E-state index in [0.717, 1.165) is 10.5 Å². The summed E-state index contributed by atoms with van der Waals surface area (Å²) in [5, 5.41) is 3.79. The van der Waals surface area contributed by atoms with Crippen LogP contribution in [-0.4, -0.2) is 5.79 Å². The average molecular weight is 180 g/mol. The molecule has 0 amide bonds. The van der Waals surface area contributed by atoms with Crippen LogP contribution in [0.1, 0.15) is 0 Å². The normalized spacial score (nSPS) is 28.0. The second kappa shape index (κ2) is 2.07. The number of nitrogens with zero attached hydrogens (tertiary/aromatic N) is 2. The molecule has 2 aliphatic heterocycles. The van der Waals surface area contributed by atoms with Crippen molar-refractivity contribution in [2.75, 3.05) is 0 Å². The molecule has 0 N–H and O–H groups in total. The number of allylic oxidation sites excluding steroid dienone is 2. The maximum absolute atomic E-state index is 4.90. The predicted octanol–water partition coefficient (Wildman–Crippen LogP) is 2.10. The van der Waals surface area contributed by atoms with E-state index in [-0.39, 0.29) is 0 Å². The minimum Gasteiger partial charge on any atom is -0.184 e. The van der Waals surface area contributed by atoms with E-state index in [0.29, 0.717) is 0 Å². The lowest BCUT2D eigenvalue weighted by atomic mass is 10.0. The average Bonchev–Trinajstić information content (AvgIpc) is 2.87. The van der Waals surface area contributed by atoms with Crippen molar-refractivity contribution in [1.29, 1.82) is 0 Å². The van der Waals surface area contributed by atoms with Crippen LogP contribution in [0.2, 0.25) is 0 Å². The van der Waals surface area contributed by atoms with Gasteiger partial charge in [0, 0.05) is 16.9 Å². The molecule has 0 atom stereocenters. The van der Waals surface area contributed by atoms with E-state index in [4.69, 9.17) is 9.78 Å². The third kappa shape index (κ3) is 0.754. The van der Waals surface area contributed by atoms with Gasteiger partial charge in [-0.1, -0.05) is 6.08 Å². The van der Waals surface area contributed by atoms with Crippen LogP contribution in [0.3, 0.4) is 0 Å². The molecule has 4 nitrogen and oxygen atoms in total. The Morgan fingerprint density at radius 3 is 3.17 bits per heavy atom. The summed E-state index contributed by atoms with van der Waals surface area (Å²) in [6.45, 7) is 0. The fraction of sp³-hybridized carbons (Fsp3) is 0.143. The van der Waals surface area contributed by atoms with Crippen LogP contribution in [0, 0.1) is 0 Å². The Morgan fingerprint density at radius 2 is 2.33 bits per heavy atom. The minimum atomic E-state index is -0.642. The summed E-state index contributed by atoms with van der Waals surface area (Å²) in [6, 6.07) is 0. The van der Waals surface area contributed by atoms with Crippen molar-refractivity contribution in [3.63, 3.8) is 0 Å². The van der Waals surface area contributed by atoms with Crippen molar-refractivity contribution in [1.82, 2.24) is 0 Å². The number of fused-ring (bicyclic) bond motifs is 2. The molecule has 3 aliphatic rings. The number of rotatable bonds is 0. The standard InChI is InChI=1S/C7H4N2O2S/c1-2-6-5(4-8-9-12-6)7(3-1)10-11-7/h1-4H. The smallest absolute Gasteiger partial charge is 0.184 e. The Balaban J connectivity index is 2.13. The lowest BCUT2D eigenvalue weighted by Gasteiger charge is -2.14. The van der Waals surface area contributed by atoms with E-state index in [1.807, 2.05) is 18.2 Å².